The van der Waals surface area contributed by atoms with Crippen molar-refractivity contribution in [3.63, 3.8) is 0 Å². The van der Waals surface area contributed by atoms with Gasteiger partial charge in [-0.05, 0) is 23.9 Å². The van der Waals surface area contributed by atoms with Gasteiger partial charge in [-0.1, -0.05) is 0 Å². The Morgan fingerprint density at radius 1 is 1.44 bits per heavy atom. The first-order valence-electron chi connectivity index (χ1n) is 4.25. The van der Waals surface area contributed by atoms with Crippen molar-refractivity contribution >= 4 is 17.7 Å². The van der Waals surface area contributed by atoms with E-state index in [1.807, 2.05) is 0 Å². The van der Waals surface area contributed by atoms with Crippen LogP contribution in [0.25, 0.3) is 0 Å². The van der Waals surface area contributed by atoms with Gasteiger partial charge in [0.1, 0.15) is 11.4 Å². The summed E-state index contributed by atoms with van der Waals surface area (Å²) in [7, 11) is 1.76. The Kier molecular flexibility index (Phi) is 2.82. The number of aromatic carboxylic acids is 1. The molecule has 2 heterocycles. The summed E-state index contributed by atoms with van der Waals surface area (Å²) in [5.41, 5.74) is -0.0812. The van der Waals surface area contributed by atoms with Crippen LogP contribution in [0.5, 0.6) is 0 Å². The van der Waals surface area contributed by atoms with Crippen LogP contribution in [0.1, 0.15) is 10.5 Å². The minimum atomic E-state index is -1.09. The van der Waals surface area contributed by atoms with E-state index in [1.54, 1.807) is 17.8 Å². The second-order valence-corrected chi connectivity index (χ2v) is 3.82. The number of aryl methyl sites for hydroxylation is 1. The molecule has 0 saturated heterocycles. The molecule has 82 valence electrons. The standard InChI is InChI=1S/C8H7N5O2S/c1-13-8(9-4-10-13)16-6-3-2-5(7(14)15)11-12-6/h2-4H,1H3,(H,14,15). The zero-order valence-electron chi connectivity index (χ0n) is 8.23. The highest BCUT2D eigenvalue weighted by molar-refractivity contribution is 7.99. The Hall–Kier alpha value is -1.96. The molecular weight excluding hydrogens is 230 g/mol. The van der Waals surface area contributed by atoms with Crippen molar-refractivity contribution in [1.29, 1.82) is 0 Å². The summed E-state index contributed by atoms with van der Waals surface area (Å²) in [5.74, 6) is -1.09. The molecule has 2 aromatic heterocycles. The quantitative estimate of drug-likeness (QED) is 0.828. The second kappa shape index (κ2) is 4.27. The summed E-state index contributed by atoms with van der Waals surface area (Å²) in [6, 6.07) is 2.98. The zero-order valence-corrected chi connectivity index (χ0v) is 9.05. The Morgan fingerprint density at radius 2 is 2.25 bits per heavy atom. The lowest BCUT2D eigenvalue weighted by atomic mass is 10.4. The summed E-state index contributed by atoms with van der Waals surface area (Å²) in [4.78, 5) is 14.5. The second-order valence-electron chi connectivity index (χ2n) is 2.83. The van der Waals surface area contributed by atoms with Crippen LogP contribution in [0.2, 0.25) is 0 Å². The molecule has 0 amide bonds. The molecule has 1 N–H and O–H groups in total. The number of hydrogen-bond acceptors (Lipinski definition) is 6. The summed E-state index contributed by atoms with van der Waals surface area (Å²) < 4.78 is 1.59. The van der Waals surface area contributed by atoms with Gasteiger partial charge in [0.25, 0.3) is 0 Å². The monoisotopic (exact) mass is 237 g/mol. The van der Waals surface area contributed by atoms with Crippen LogP contribution >= 0.6 is 11.8 Å². The maximum atomic E-state index is 10.5. The van der Waals surface area contributed by atoms with E-state index in [1.165, 1.54) is 24.2 Å². The first-order valence-corrected chi connectivity index (χ1v) is 5.07. The normalized spacial score (nSPS) is 10.3. The molecule has 16 heavy (non-hydrogen) atoms. The van der Waals surface area contributed by atoms with Gasteiger partial charge in [-0.3, -0.25) is 0 Å². The van der Waals surface area contributed by atoms with Crippen LogP contribution in [0.15, 0.2) is 28.6 Å². The molecule has 0 atom stereocenters. The number of aromatic nitrogens is 5. The zero-order chi connectivity index (χ0) is 11.5. The molecule has 2 rings (SSSR count). The molecule has 0 saturated carbocycles. The third-order valence-electron chi connectivity index (χ3n) is 1.72. The van der Waals surface area contributed by atoms with Gasteiger partial charge in [0, 0.05) is 7.05 Å². The molecule has 0 aliphatic carbocycles. The highest BCUT2D eigenvalue weighted by Crippen LogP contribution is 2.22. The van der Waals surface area contributed by atoms with E-state index in [0.717, 1.165) is 0 Å². The number of carbonyl (C=O) groups is 1. The van der Waals surface area contributed by atoms with E-state index in [0.29, 0.717) is 10.2 Å². The molecule has 0 aromatic carbocycles. The molecular formula is C8H7N5O2S. The number of rotatable bonds is 3. The van der Waals surface area contributed by atoms with Crippen LogP contribution in [0.4, 0.5) is 0 Å². The van der Waals surface area contributed by atoms with Crippen molar-refractivity contribution in [2.24, 2.45) is 7.05 Å². The first-order chi connectivity index (χ1) is 7.66. The molecule has 0 aliphatic rings. The lowest BCUT2D eigenvalue weighted by molar-refractivity contribution is 0.0689. The van der Waals surface area contributed by atoms with Gasteiger partial charge in [-0.15, -0.1) is 10.2 Å². The molecule has 0 spiro atoms. The molecule has 0 aliphatic heterocycles. The maximum Gasteiger partial charge on any atom is 0.356 e. The predicted octanol–water partition coefficient (Wildman–Crippen LogP) is 0.454. The Labute approximate surface area is 94.5 Å². The van der Waals surface area contributed by atoms with Crippen molar-refractivity contribution in [3.8, 4) is 0 Å². The van der Waals surface area contributed by atoms with Gasteiger partial charge in [0.2, 0.25) is 0 Å². The van der Waals surface area contributed by atoms with E-state index >= 15 is 0 Å². The lowest BCUT2D eigenvalue weighted by Gasteiger charge is -1.98. The van der Waals surface area contributed by atoms with Gasteiger partial charge in [0.05, 0.1) is 0 Å². The van der Waals surface area contributed by atoms with Crippen molar-refractivity contribution < 1.29 is 9.90 Å². The molecule has 8 heteroatoms. The highest BCUT2D eigenvalue weighted by Gasteiger charge is 2.08. The number of nitrogens with zero attached hydrogens (tertiary/aromatic N) is 5. The van der Waals surface area contributed by atoms with Crippen molar-refractivity contribution in [1.82, 2.24) is 25.0 Å². The SMILES string of the molecule is Cn1ncnc1Sc1ccc(C(=O)O)nn1. The average molecular weight is 237 g/mol. The van der Waals surface area contributed by atoms with E-state index in [2.05, 4.69) is 20.3 Å². The van der Waals surface area contributed by atoms with Gasteiger partial charge in [-0.2, -0.15) is 5.10 Å². The van der Waals surface area contributed by atoms with Gasteiger partial charge >= 0.3 is 5.97 Å². The van der Waals surface area contributed by atoms with Crippen LogP contribution in [-0.4, -0.2) is 36.0 Å². The van der Waals surface area contributed by atoms with E-state index in [4.69, 9.17) is 5.11 Å². The Morgan fingerprint density at radius 3 is 2.75 bits per heavy atom. The van der Waals surface area contributed by atoms with Crippen LogP contribution in [0, 0.1) is 0 Å². The van der Waals surface area contributed by atoms with Crippen LogP contribution < -0.4 is 0 Å². The molecule has 2 aromatic rings. The van der Waals surface area contributed by atoms with Crippen molar-refractivity contribution in [3.05, 3.63) is 24.2 Å². The fourth-order valence-corrected chi connectivity index (χ4v) is 1.64. The fraction of sp³-hybridized carbons (Fsp3) is 0.125. The summed E-state index contributed by atoms with van der Waals surface area (Å²) in [6.45, 7) is 0. The molecule has 0 fully saturated rings. The largest absolute Gasteiger partial charge is 0.476 e. The molecule has 0 bridgehead atoms. The molecule has 7 nitrogen and oxygen atoms in total. The lowest BCUT2D eigenvalue weighted by Crippen LogP contribution is -2.02. The minimum Gasteiger partial charge on any atom is -0.476 e. The van der Waals surface area contributed by atoms with Crippen LogP contribution in [0.3, 0.4) is 0 Å². The third kappa shape index (κ3) is 2.16. The van der Waals surface area contributed by atoms with Crippen LogP contribution in [-0.2, 0) is 7.05 Å². The summed E-state index contributed by atoms with van der Waals surface area (Å²) >= 11 is 1.26. The summed E-state index contributed by atoms with van der Waals surface area (Å²) in [6.07, 6.45) is 1.43. The highest BCUT2D eigenvalue weighted by atomic mass is 32.2. The maximum absolute atomic E-state index is 10.5. The van der Waals surface area contributed by atoms with E-state index in [-0.39, 0.29) is 5.69 Å². The predicted molar refractivity (Wildman–Crippen MR) is 54.1 cm³/mol. The van der Waals surface area contributed by atoms with Crippen molar-refractivity contribution in [2.75, 3.05) is 0 Å². The molecule has 0 unspecified atom stereocenters. The van der Waals surface area contributed by atoms with Gasteiger partial charge < -0.3 is 5.11 Å². The number of carboxylic acids is 1. The van der Waals surface area contributed by atoms with Gasteiger partial charge in [0.15, 0.2) is 10.9 Å². The summed E-state index contributed by atoms with van der Waals surface area (Å²) in [5, 5.41) is 21.1. The molecule has 0 radical (unpaired) electrons. The topological polar surface area (TPSA) is 93.8 Å². The third-order valence-corrected chi connectivity index (χ3v) is 2.70. The number of hydrogen-bond donors (Lipinski definition) is 1. The van der Waals surface area contributed by atoms with Gasteiger partial charge in [-0.25, -0.2) is 14.5 Å². The first kappa shape index (κ1) is 10.6. The van der Waals surface area contributed by atoms with E-state index < -0.39 is 5.97 Å². The van der Waals surface area contributed by atoms with Crippen molar-refractivity contribution in [2.45, 2.75) is 10.2 Å². The minimum absolute atomic E-state index is 0.0812. The Bertz CT molecular complexity index is 509. The van der Waals surface area contributed by atoms with E-state index in [9.17, 15) is 4.79 Å². The number of carboxylic acid groups (broad SMARTS) is 1. The Balaban J connectivity index is 2.17. The smallest absolute Gasteiger partial charge is 0.356 e. The average Bonchev–Trinajstić information content (AvgIpc) is 2.65. The fourth-order valence-electron chi connectivity index (χ4n) is 0.960.